The van der Waals surface area contributed by atoms with Crippen LogP contribution in [0, 0.1) is 11.3 Å². The van der Waals surface area contributed by atoms with Gasteiger partial charge in [-0.15, -0.1) is 0 Å². The number of hydrogen-bond donors (Lipinski definition) is 1. The van der Waals surface area contributed by atoms with Gasteiger partial charge in [-0.2, -0.15) is 14.0 Å². The largest absolute Gasteiger partial charge is 0.434 e. The molecule has 2 aromatic carbocycles. The molecule has 2 aromatic rings. The highest BCUT2D eigenvalue weighted by molar-refractivity contribution is 6.32. The summed E-state index contributed by atoms with van der Waals surface area (Å²) in [6.45, 7) is 0.276. The number of piperazine rings is 1. The molecule has 168 valence electrons. The first-order chi connectivity index (χ1) is 15.3. The molecule has 32 heavy (non-hydrogen) atoms. The molecule has 3 rings (SSSR count). The highest BCUT2D eigenvalue weighted by Crippen LogP contribution is 2.23. The first-order valence-electron chi connectivity index (χ1n) is 9.88. The number of nitriles is 1. The summed E-state index contributed by atoms with van der Waals surface area (Å²) >= 11 is 6.00. The van der Waals surface area contributed by atoms with Crippen LogP contribution in [0.15, 0.2) is 42.5 Å². The van der Waals surface area contributed by atoms with Crippen LogP contribution in [0.2, 0.25) is 5.02 Å². The lowest BCUT2D eigenvalue weighted by molar-refractivity contribution is -0.121. The summed E-state index contributed by atoms with van der Waals surface area (Å²) in [5.74, 6) is -0.810. The Labute approximate surface area is 189 Å². The molecule has 7 nitrogen and oxygen atoms in total. The molecule has 10 heteroatoms. The van der Waals surface area contributed by atoms with Crippen molar-refractivity contribution >= 4 is 29.1 Å². The molecule has 2 amide bonds. The van der Waals surface area contributed by atoms with E-state index in [1.165, 1.54) is 30.3 Å². The van der Waals surface area contributed by atoms with Gasteiger partial charge in [-0.3, -0.25) is 14.5 Å². The van der Waals surface area contributed by atoms with Crippen LogP contribution in [0.25, 0.3) is 0 Å². The number of alkyl halides is 2. The third-order valence-corrected chi connectivity index (χ3v) is 5.53. The quantitative estimate of drug-likeness (QED) is 0.709. The van der Waals surface area contributed by atoms with Gasteiger partial charge in [0.2, 0.25) is 5.91 Å². The zero-order valence-electron chi connectivity index (χ0n) is 17.2. The SMILES string of the molecule is CC(C(=O)Nc1ccc(C#N)c(Cl)c1)N1CCN(C(=O)c2ccccc2OC(F)F)CC1. The molecular weight excluding hydrogens is 442 g/mol. The Kier molecular flexibility index (Phi) is 7.62. The molecule has 0 radical (unpaired) electrons. The number of anilines is 1. The third-order valence-electron chi connectivity index (χ3n) is 5.22. The van der Waals surface area contributed by atoms with Crippen LogP contribution in [0.5, 0.6) is 5.75 Å². The van der Waals surface area contributed by atoms with Crippen molar-refractivity contribution in [1.29, 1.82) is 5.26 Å². The number of amides is 2. The van der Waals surface area contributed by atoms with Gasteiger partial charge in [-0.25, -0.2) is 0 Å². The highest BCUT2D eigenvalue weighted by atomic mass is 35.5. The fourth-order valence-electron chi connectivity index (χ4n) is 3.42. The van der Waals surface area contributed by atoms with E-state index in [0.29, 0.717) is 37.4 Å². The molecule has 0 spiro atoms. The minimum absolute atomic E-state index is 0.0738. The van der Waals surface area contributed by atoms with E-state index in [9.17, 15) is 18.4 Å². The van der Waals surface area contributed by atoms with Gasteiger partial charge in [0.25, 0.3) is 5.91 Å². The lowest BCUT2D eigenvalue weighted by Crippen LogP contribution is -2.54. The Morgan fingerprint density at radius 2 is 1.84 bits per heavy atom. The molecule has 0 aliphatic carbocycles. The van der Waals surface area contributed by atoms with E-state index in [2.05, 4.69) is 10.1 Å². The van der Waals surface area contributed by atoms with E-state index < -0.39 is 18.6 Å². The first-order valence-corrected chi connectivity index (χ1v) is 10.3. The molecule has 1 N–H and O–H groups in total. The molecule has 1 aliphatic rings. The molecule has 1 fully saturated rings. The van der Waals surface area contributed by atoms with Gasteiger partial charge < -0.3 is 15.0 Å². The highest BCUT2D eigenvalue weighted by Gasteiger charge is 2.29. The van der Waals surface area contributed by atoms with E-state index in [0.717, 1.165) is 0 Å². The van der Waals surface area contributed by atoms with Crippen LogP contribution in [-0.4, -0.2) is 60.4 Å². The van der Waals surface area contributed by atoms with Crippen molar-refractivity contribution in [2.24, 2.45) is 0 Å². The Morgan fingerprint density at radius 1 is 1.16 bits per heavy atom. The van der Waals surface area contributed by atoms with E-state index in [1.54, 1.807) is 24.0 Å². The van der Waals surface area contributed by atoms with Crippen molar-refractivity contribution in [1.82, 2.24) is 9.80 Å². The van der Waals surface area contributed by atoms with Crippen molar-refractivity contribution in [3.63, 3.8) is 0 Å². The number of carbonyl (C=O) groups excluding carboxylic acids is 2. The van der Waals surface area contributed by atoms with Crippen LogP contribution >= 0.6 is 11.6 Å². The summed E-state index contributed by atoms with van der Waals surface area (Å²) in [6, 6.07) is 12.0. The number of halogens is 3. The standard InChI is InChI=1S/C22H21ClF2N4O3/c1-14(20(30)27-16-7-6-15(13-26)18(23)12-16)28-8-10-29(11-9-28)21(31)17-4-2-3-5-19(17)32-22(24)25/h2-7,12,14,22H,8-11H2,1H3,(H,27,30). The minimum atomic E-state index is -3.02. The second kappa shape index (κ2) is 10.4. The summed E-state index contributed by atoms with van der Waals surface area (Å²) in [7, 11) is 0. The van der Waals surface area contributed by atoms with E-state index in [1.807, 2.05) is 11.0 Å². The van der Waals surface area contributed by atoms with Gasteiger partial charge in [0.15, 0.2) is 0 Å². The molecule has 1 heterocycles. The first kappa shape index (κ1) is 23.4. The number of hydrogen-bond acceptors (Lipinski definition) is 5. The third kappa shape index (κ3) is 5.52. The van der Waals surface area contributed by atoms with Gasteiger partial charge in [-0.1, -0.05) is 23.7 Å². The summed E-state index contributed by atoms with van der Waals surface area (Å²) in [4.78, 5) is 28.9. The van der Waals surface area contributed by atoms with E-state index >= 15 is 0 Å². The minimum Gasteiger partial charge on any atom is -0.434 e. The summed E-state index contributed by atoms with van der Waals surface area (Å²) in [6.07, 6.45) is 0. The average molecular weight is 463 g/mol. The lowest BCUT2D eigenvalue weighted by atomic mass is 10.1. The molecule has 1 atom stereocenters. The molecule has 0 bridgehead atoms. The van der Waals surface area contributed by atoms with Crippen molar-refractivity contribution in [2.75, 3.05) is 31.5 Å². The zero-order chi connectivity index (χ0) is 23.3. The molecule has 1 unspecified atom stereocenters. The van der Waals surface area contributed by atoms with Crippen molar-refractivity contribution < 1.29 is 23.1 Å². The van der Waals surface area contributed by atoms with Crippen LogP contribution in [0.4, 0.5) is 14.5 Å². The maximum absolute atomic E-state index is 12.8. The summed E-state index contributed by atoms with van der Waals surface area (Å²) in [5.41, 5.74) is 0.874. The van der Waals surface area contributed by atoms with E-state index in [4.69, 9.17) is 16.9 Å². The summed E-state index contributed by atoms with van der Waals surface area (Å²) in [5, 5.41) is 12.0. The number of nitrogens with one attached hydrogen (secondary N) is 1. The fraction of sp³-hybridized carbons (Fsp3) is 0.318. The monoisotopic (exact) mass is 462 g/mol. The van der Waals surface area contributed by atoms with Crippen molar-refractivity contribution in [3.05, 3.63) is 58.6 Å². The predicted molar refractivity (Wildman–Crippen MR) is 115 cm³/mol. The Morgan fingerprint density at radius 3 is 2.47 bits per heavy atom. The summed E-state index contributed by atoms with van der Waals surface area (Å²) < 4.78 is 29.7. The zero-order valence-corrected chi connectivity index (χ0v) is 18.0. The molecular formula is C22H21ClF2N4O3. The maximum atomic E-state index is 12.8. The Bertz CT molecular complexity index is 1040. The second-order valence-corrected chi connectivity index (χ2v) is 7.58. The number of benzene rings is 2. The number of rotatable bonds is 6. The number of para-hydroxylation sites is 1. The molecule has 1 saturated heterocycles. The number of ether oxygens (including phenoxy) is 1. The number of carbonyl (C=O) groups is 2. The molecule has 0 saturated carbocycles. The molecule has 1 aliphatic heterocycles. The predicted octanol–water partition coefficient (Wildman–Crippen LogP) is 3.60. The van der Waals surface area contributed by atoms with Crippen LogP contribution < -0.4 is 10.1 Å². The molecule has 0 aromatic heterocycles. The van der Waals surface area contributed by atoms with Gasteiger partial charge in [0.1, 0.15) is 11.8 Å². The fourth-order valence-corrected chi connectivity index (χ4v) is 3.64. The van der Waals surface area contributed by atoms with E-state index in [-0.39, 0.29) is 22.2 Å². The van der Waals surface area contributed by atoms with Gasteiger partial charge in [0, 0.05) is 31.9 Å². The van der Waals surface area contributed by atoms with Crippen LogP contribution in [-0.2, 0) is 4.79 Å². The lowest BCUT2D eigenvalue weighted by Gasteiger charge is -2.37. The van der Waals surface area contributed by atoms with Crippen LogP contribution in [0.1, 0.15) is 22.8 Å². The van der Waals surface area contributed by atoms with Gasteiger partial charge in [-0.05, 0) is 37.3 Å². The van der Waals surface area contributed by atoms with Gasteiger partial charge >= 0.3 is 6.61 Å². The second-order valence-electron chi connectivity index (χ2n) is 7.17. The van der Waals surface area contributed by atoms with Crippen molar-refractivity contribution in [3.8, 4) is 11.8 Å². The average Bonchev–Trinajstić information content (AvgIpc) is 2.78. The normalized spacial score (nSPS) is 15.2. The number of nitrogens with zero attached hydrogens (tertiary/aromatic N) is 3. The van der Waals surface area contributed by atoms with Crippen LogP contribution in [0.3, 0.4) is 0 Å². The van der Waals surface area contributed by atoms with Crippen molar-refractivity contribution in [2.45, 2.75) is 19.6 Å². The van der Waals surface area contributed by atoms with Gasteiger partial charge in [0.05, 0.1) is 22.2 Å². The Balaban J connectivity index is 1.58. The maximum Gasteiger partial charge on any atom is 0.387 e. The smallest absolute Gasteiger partial charge is 0.387 e. The Hall–Kier alpha value is -3.22. The topological polar surface area (TPSA) is 85.7 Å².